The molecule has 0 bridgehead atoms. The number of anilines is 1. The highest BCUT2D eigenvalue weighted by atomic mass is 32.2. The van der Waals surface area contributed by atoms with Crippen LogP contribution in [0, 0.1) is 5.92 Å². The van der Waals surface area contributed by atoms with Crippen LogP contribution < -0.4 is 10.9 Å². The van der Waals surface area contributed by atoms with E-state index < -0.39 is 0 Å². The minimum Gasteiger partial charge on any atom is -0.365 e. The second kappa shape index (κ2) is 5.58. The molecule has 4 nitrogen and oxygen atoms in total. The van der Waals surface area contributed by atoms with Gasteiger partial charge in [0.2, 0.25) is 0 Å². The minimum absolute atomic E-state index is 0.0198. The Bertz CT molecular complexity index is 428. The van der Waals surface area contributed by atoms with Gasteiger partial charge < -0.3 is 9.88 Å². The van der Waals surface area contributed by atoms with Crippen LogP contribution in [0.15, 0.2) is 17.2 Å². The Kier molecular flexibility index (Phi) is 4.10. The zero-order valence-corrected chi connectivity index (χ0v) is 11.2. The zero-order valence-electron chi connectivity index (χ0n) is 10.3. The third-order valence-electron chi connectivity index (χ3n) is 2.88. The average molecular weight is 253 g/mol. The van der Waals surface area contributed by atoms with Gasteiger partial charge in [0.1, 0.15) is 0 Å². The summed E-state index contributed by atoms with van der Waals surface area (Å²) in [6, 6.07) is 0.412. The molecule has 1 heterocycles. The maximum Gasteiger partial charge on any atom is 0.293 e. The van der Waals surface area contributed by atoms with Gasteiger partial charge in [0, 0.05) is 25.0 Å². The van der Waals surface area contributed by atoms with Crippen molar-refractivity contribution in [2.45, 2.75) is 25.8 Å². The van der Waals surface area contributed by atoms with Crippen LogP contribution in [-0.4, -0.2) is 28.1 Å². The summed E-state index contributed by atoms with van der Waals surface area (Å²) in [6.45, 7) is 2.98. The molecule has 1 unspecified atom stereocenters. The van der Waals surface area contributed by atoms with Gasteiger partial charge in [-0.1, -0.05) is 6.92 Å². The van der Waals surface area contributed by atoms with Gasteiger partial charge in [0.15, 0.2) is 5.82 Å². The topological polar surface area (TPSA) is 46.9 Å². The fraction of sp³-hybridized carbons (Fsp3) is 0.667. The van der Waals surface area contributed by atoms with Gasteiger partial charge >= 0.3 is 0 Å². The molecule has 1 aliphatic carbocycles. The summed E-state index contributed by atoms with van der Waals surface area (Å²) in [4.78, 5) is 16.2. The standard InChI is InChI=1S/C12H19N3OS/c1-9(8-17-2)7-14-11-12(16)15(6-5-13-11)10-3-4-10/h5-6,9-10H,3-4,7-8H2,1-2H3,(H,13,14). The fourth-order valence-electron chi connectivity index (χ4n) is 1.80. The molecule has 17 heavy (non-hydrogen) atoms. The average Bonchev–Trinajstić information content (AvgIpc) is 3.12. The normalized spacial score (nSPS) is 16.8. The van der Waals surface area contributed by atoms with Gasteiger partial charge in [0.25, 0.3) is 5.56 Å². The number of rotatable bonds is 6. The van der Waals surface area contributed by atoms with Crippen LogP contribution in [0.25, 0.3) is 0 Å². The molecule has 1 fully saturated rings. The molecule has 1 saturated carbocycles. The number of thioether (sulfide) groups is 1. The maximum absolute atomic E-state index is 12.1. The lowest BCUT2D eigenvalue weighted by Crippen LogP contribution is -2.25. The molecule has 2 rings (SSSR count). The van der Waals surface area contributed by atoms with E-state index >= 15 is 0 Å². The van der Waals surface area contributed by atoms with Crippen LogP contribution >= 0.6 is 11.8 Å². The first kappa shape index (κ1) is 12.5. The predicted molar refractivity (Wildman–Crippen MR) is 72.8 cm³/mol. The Morgan fingerprint density at radius 3 is 3.06 bits per heavy atom. The van der Waals surface area contributed by atoms with Crippen molar-refractivity contribution in [1.29, 1.82) is 0 Å². The molecule has 0 spiro atoms. The van der Waals surface area contributed by atoms with Crippen molar-refractivity contribution in [3.05, 3.63) is 22.7 Å². The lowest BCUT2D eigenvalue weighted by Gasteiger charge is -2.12. The monoisotopic (exact) mass is 253 g/mol. The highest BCUT2D eigenvalue weighted by Gasteiger charge is 2.25. The zero-order chi connectivity index (χ0) is 12.3. The summed E-state index contributed by atoms with van der Waals surface area (Å²) in [5.74, 6) is 2.13. The van der Waals surface area contributed by atoms with Crippen LogP contribution in [-0.2, 0) is 0 Å². The number of nitrogens with zero attached hydrogens (tertiary/aromatic N) is 2. The second-order valence-corrected chi connectivity index (χ2v) is 5.57. The first-order chi connectivity index (χ1) is 8.22. The molecule has 0 radical (unpaired) electrons. The van der Waals surface area contributed by atoms with E-state index in [1.54, 1.807) is 17.0 Å². The molecular weight excluding hydrogens is 234 g/mol. The third kappa shape index (κ3) is 3.25. The van der Waals surface area contributed by atoms with Crippen molar-refractivity contribution in [1.82, 2.24) is 9.55 Å². The Hall–Kier alpha value is -0.970. The van der Waals surface area contributed by atoms with Crippen molar-refractivity contribution in [2.75, 3.05) is 23.9 Å². The molecule has 1 N–H and O–H groups in total. The van der Waals surface area contributed by atoms with Crippen LogP contribution in [0.5, 0.6) is 0 Å². The lowest BCUT2D eigenvalue weighted by molar-refractivity contribution is 0.680. The molecular formula is C12H19N3OS. The summed E-state index contributed by atoms with van der Waals surface area (Å²) >= 11 is 1.82. The molecule has 1 aliphatic rings. The number of nitrogens with one attached hydrogen (secondary N) is 1. The Labute approximate surface area is 106 Å². The summed E-state index contributed by atoms with van der Waals surface area (Å²) in [5, 5.41) is 3.16. The molecule has 1 aromatic heterocycles. The molecule has 0 aliphatic heterocycles. The van der Waals surface area contributed by atoms with Crippen molar-refractivity contribution in [2.24, 2.45) is 5.92 Å². The van der Waals surface area contributed by atoms with Crippen molar-refractivity contribution in [3.8, 4) is 0 Å². The quantitative estimate of drug-likeness (QED) is 0.842. The fourth-order valence-corrected chi connectivity index (χ4v) is 2.49. The molecule has 0 amide bonds. The van der Waals surface area contributed by atoms with Crippen LogP contribution in [0.2, 0.25) is 0 Å². The van der Waals surface area contributed by atoms with E-state index in [-0.39, 0.29) is 5.56 Å². The van der Waals surface area contributed by atoms with Crippen molar-refractivity contribution >= 4 is 17.6 Å². The summed E-state index contributed by atoms with van der Waals surface area (Å²) in [5.41, 5.74) is 0.0198. The summed E-state index contributed by atoms with van der Waals surface area (Å²) < 4.78 is 1.80. The molecule has 94 valence electrons. The third-order valence-corrected chi connectivity index (χ3v) is 3.78. The summed E-state index contributed by atoms with van der Waals surface area (Å²) in [6.07, 6.45) is 7.83. The van der Waals surface area contributed by atoms with Crippen LogP contribution in [0.3, 0.4) is 0 Å². The van der Waals surface area contributed by atoms with E-state index in [9.17, 15) is 4.79 Å². The van der Waals surface area contributed by atoms with Gasteiger partial charge in [-0.15, -0.1) is 0 Å². The van der Waals surface area contributed by atoms with Crippen LogP contribution in [0.1, 0.15) is 25.8 Å². The predicted octanol–water partition coefficient (Wildman–Crippen LogP) is 1.99. The molecule has 1 atom stereocenters. The number of aromatic nitrogens is 2. The van der Waals surface area contributed by atoms with Crippen molar-refractivity contribution in [3.63, 3.8) is 0 Å². The largest absolute Gasteiger partial charge is 0.365 e. The highest BCUT2D eigenvalue weighted by molar-refractivity contribution is 7.98. The highest BCUT2D eigenvalue weighted by Crippen LogP contribution is 2.33. The summed E-state index contributed by atoms with van der Waals surface area (Å²) in [7, 11) is 0. The Morgan fingerprint density at radius 1 is 1.65 bits per heavy atom. The maximum atomic E-state index is 12.1. The van der Waals surface area contributed by atoms with Crippen LogP contribution in [0.4, 0.5) is 5.82 Å². The van der Waals surface area contributed by atoms with Gasteiger partial charge in [-0.3, -0.25) is 4.79 Å². The SMILES string of the molecule is CSCC(C)CNc1nccn(C2CC2)c1=O. The number of hydrogen-bond donors (Lipinski definition) is 1. The minimum atomic E-state index is 0.0198. The van der Waals surface area contributed by atoms with Gasteiger partial charge in [0.05, 0.1) is 0 Å². The Morgan fingerprint density at radius 2 is 2.41 bits per heavy atom. The van der Waals surface area contributed by atoms with E-state index in [2.05, 4.69) is 23.5 Å². The second-order valence-electron chi connectivity index (χ2n) is 4.66. The molecule has 0 aromatic carbocycles. The Balaban J connectivity index is 2.01. The first-order valence-electron chi connectivity index (χ1n) is 6.02. The van der Waals surface area contributed by atoms with E-state index in [1.165, 1.54) is 0 Å². The first-order valence-corrected chi connectivity index (χ1v) is 7.41. The molecule has 0 saturated heterocycles. The van der Waals surface area contributed by atoms with Gasteiger partial charge in [-0.2, -0.15) is 11.8 Å². The van der Waals surface area contributed by atoms with Gasteiger partial charge in [-0.25, -0.2) is 4.98 Å². The molecule has 5 heteroatoms. The van der Waals surface area contributed by atoms with E-state index in [1.807, 2.05) is 11.8 Å². The van der Waals surface area contributed by atoms with E-state index in [0.29, 0.717) is 17.8 Å². The lowest BCUT2D eigenvalue weighted by atomic mass is 10.2. The smallest absolute Gasteiger partial charge is 0.293 e. The van der Waals surface area contributed by atoms with E-state index in [4.69, 9.17) is 0 Å². The van der Waals surface area contributed by atoms with E-state index in [0.717, 1.165) is 25.1 Å². The van der Waals surface area contributed by atoms with Gasteiger partial charge in [-0.05, 0) is 30.8 Å². The molecule has 1 aromatic rings. The number of hydrogen-bond acceptors (Lipinski definition) is 4. The van der Waals surface area contributed by atoms with Crippen molar-refractivity contribution < 1.29 is 0 Å².